The summed E-state index contributed by atoms with van der Waals surface area (Å²) in [5, 5.41) is 9.67. The summed E-state index contributed by atoms with van der Waals surface area (Å²) >= 11 is 0. The fourth-order valence-electron chi connectivity index (χ4n) is 1.76. The summed E-state index contributed by atoms with van der Waals surface area (Å²) in [6.45, 7) is 16.3. The molecule has 1 unspecified atom stereocenters. The van der Waals surface area contributed by atoms with E-state index in [0.717, 1.165) is 12.8 Å². The summed E-state index contributed by atoms with van der Waals surface area (Å²) in [5.41, 5.74) is 1.17. The first kappa shape index (κ1) is 33.9. The number of unbranched alkanes of at least 4 members (excludes halogenated alkanes) is 2. The predicted molar refractivity (Wildman–Crippen MR) is 92.3 cm³/mol. The van der Waals surface area contributed by atoms with Crippen molar-refractivity contribution in [1.29, 1.82) is 0 Å². The molecule has 0 spiro atoms. The standard InChI is InChI=1S/C17H22O4.3CO.Fe/c18-15-21-13-7-5-11-17(19)10-4-6-12-20-14-16-8-2-1-3-9-16;3*1-2;/h1-3,5,7-9,11,17,19H,4,6,10,12-14H2;;;;/q-1;;;;. The molecular formula is C20H22FeO7-. The molecule has 0 saturated carbocycles. The van der Waals surface area contributed by atoms with Crippen LogP contribution in [0.5, 0.6) is 0 Å². The van der Waals surface area contributed by atoms with E-state index in [0.29, 0.717) is 19.6 Å². The Morgan fingerprint density at radius 2 is 1.68 bits per heavy atom. The molecule has 1 atom stereocenters. The third kappa shape index (κ3) is 26.6. The molecular weight excluding hydrogens is 408 g/mol. The van der Waals surface area contributed by atoms with E-state index in [2.05, 4.69) is 24.7 Å². The first-order chi connectivity index (χ1) is 13.3. The van der Waals surface area contributed by atoms with Gasteiger partial charge in [-0.05, 0) is 44.1 Å². The number of aliphatic hydroxyl groups is 1. The van der Waals surface area contributed by atoms with Crippen LogP contribution in [-0.4, -0.2) is 30.9 Å². The van der Waals surface area contributed by atoms with Crippen LogP contribution in [0, 0.1) is 39.2 Å². The summed E-state index contributed by atoms with van der Waals surface area (Å²) < 4.78 is 32.4. The maximum Gasteiger partial charge on any atom is 0 e. The average Bonchev–Trinajstić information content (AvgIpc) is 2.75. The van der Waals surface area contributed by atoms with Crippen LogP contribution >= 0.6 is 0 Å². The van der Waals surface area contributed by atoms with Crippen LogP contribution in [0.3, 0.4) is 0 Å². The Morgan fingerprint density at radius 3 is 2.25 bits per heavy atom. The number of rotatable bonds is 13. The number of carbonyl (C=O) groups excluding carboxylic acids is 1. The van der Waals surface area contributed by atoms with E-state index >= 15 is 0 Å². The number of hydrogen-bond donors (Lipinski definition) is 1. The molecule has 1 aromatic carbocycles. The molecule has 1 rings (SSSR count). The molecule has 8 heteroatoms. The molecule has 1 N–H and O–H groups in total. The normalized spacial score (nSPS) is 9.25. The zero-order valence-electron chi connectivity index (χ0n) is 15.2. The monoisotopic (exact) mass is 430 g/mol. The molecule has 0 aromatic heterocycles. The van der Waals surface area contributed by atoms with Crippen molar-refractivity contribution in [2.45, 2.75) is 32.0 Å². The molecule has 0 fully saturated rings. The van der Waals surface area contributed by atoms with E-state index in [4.69, 9.17) is 18.7 Å². The van der Waals surface area contributed by atoms with Crippen molar-refractivity contribution in [3.05, 3.63) is 75.1 Å². The third-order valence-corrected chi connectivity index (χ3v) is 2.86. The van der Waals surface area contributed by atoms with Gasteiger partial charge in [-0.25, -0.2) is 0 Å². The first-order valence-corrected chi connectivity index (χ1v) is 7.73. The van der Waals surface area contributed by atoms with Gasteiger partial charge >= 0.3 is 33.9 Å². The topological polar surface area (TPSA) is 115 Å². The number of aliphatic hydroxyl groups excluding tert-OH is 1. The van der Waals surface area contributed by atoms with Gasteiger partial charge in [0.1, 0.15) is 0 Å². The maximum atomic E-state index is 9.77. The van der Waals surface area contributed by atoms with Crippen molar-refractivity contribution < 1.29 is 50.4 Å². The summed E-state index contributed by atoms with van der Waals surface area (Å²) in [5.74, 6) is 0. The molecule has 0 aliphatic rings. The second kappa shape index (κ2) is 33.0. The molecule has 28 heavy (non-hydrogen) atoms. The van der Waals surface area contributed by atoms with Crippen LogP contribution in [0.1, 0.15) is 24.8 Å². The Hall–Kier alpha value is -1.65. The zero-order valence-corrected chi connectivity index (χ0v) is 16.3. The minimum absolute atomic E-state index is 0. The SMILES string of the molecule is O=[C-]OC[CH][CH][CH]C(O)CCCCOCc1ccccc1.[C-]#[O+].[C-]#[O+].[C-]#[O+].[Fe]. The molecule has 1 aromatic rings. The van der Waals surface area contributed by atoms with Crippen LogP contribution in [0.15, 0.2) is 30.3 Å². The van der Waals surface area contributed by atoms with Gasteiger partial charge in [-0.1, -0.05) is 36.8 Å². The van der Waals surface area contributed by atoms with Gasteiger partial charge in [0, 0.05) is 23.7 Å². The van der Waals surface area contributed by atoms with Crippen LogP contribution < -0.4 is 0 Å². The molecule has 0 aliphatic carbocycles. The van der Waals surface area contributed by atoms with Gasteiger partial charge in [0.15, 0.2) is 0 Å². The van der Waals surface area contributed by atoms with Crippen LogP contribution in [0.4, 0.5) is 0 Å². The average molecular weight is 430 g/mol. The number of benzene rings is 1. The van der Waals surface area contributed by atoms with Crippen LogP contribution in [0.2, 0.25) is 0 Å². The smallest absolute Gasteiger partial charge is 0 e. The molecule has 0 bridgehead atoms. The zero-order chi connectivity index (χ0) is 21.2. The number of ether oxygens (including phenoxy) is 2. The van der Waals surface area contributed by atoms with E-state index in [1.807, 2.05) is 30.3 Å². The van der Waals surface area contributed by atoms with E-state index in [9.17, 15) is 9.90 Å². The summed E-state index contributed by atoms with van der Waals surface area (Å²) in [4.78, 5) is 9.77. The second-order valence-corrected chi connectivity index (χ2v) is 4.62. The van der Waals surface area contributed by atoms with Crippen molar-refractivity contribution in [2.24, 2.45) is 0 Å². The summed E-state index contributed by atoms with van der Waals surface area (Å²) in [6.07, 6.45) is 7.06. The van der Waals surface area contributed by atoms with Crippen molar-refractivity contribution in [1.82, 2.24) is 0 Å². The van der Waals surface area contributed by atoms with Gasteiger partial charge in [-0.2, -0.15) is 0 Å². The molecule has 0 amide bonds. The minimum Gasteiger partial charge on any atom is 0 e. The van der Waals surface area contributed by atoms with Crippen LogP contribution in [-0.2, 0) is 51.9 Å². The molecule has 0 heterocycles. The van der Waals surface area contributed by atoms with Gasteiger partial charge in [0.25, 0.3) is 0 Å². The van der Waals surface area contributed by atoms with Gasteiger partial charge in [0.2, 0.25) is 0 Å². The Bertz CT molecular complexity index is 460. The largest absolute Gasteiger partial charge is 0 e. The van der Waals surface area contributed by atoms with Crippen molar-refractivity contribution >= 4 is 6.47 Å². The predicted octanol–water partition coefficient (Wildman–Crippen LogP) is 2.32. The van der Waals surface area contributed by atoms with Gasteiger partial charge < -0.3 is 19.4 Å². The third-order valence-electron chi connectivity index (χ3n) is 2.86. The van der Waals surface area contributed by atoms with Crippen molar-refractivity contribution in [2.75, 3.05) is 13.2 Å². The van der Waals surface area contributed by atoms with E-state index in [-0.39, 0.29) is 23.7 Å². The van der Waals surface area contributed by atoms with Crippen molar-refractivity contribution in [3.8, 4) is 0 Å². The first-order valence-electron chi connectivity index (χ1n) is 7.73. The van der Waals surface area contributed by atoms with Gasteiger partial charge in [0.05, 0.1) is 19.3 Å². The quantitative estimate of drug-likeness (QED) is 0.224. The van der Waals surface area contributed by atoms with Gasteiger partial charge in [-0.15, -0.1) is 0 Å². The molecule has 0 aliphatic heterocycles. The van der Waals surface area contributed by atoms with Crippen molar-refractivity contribution in [3.63, 3.8) is 0 Å². The van der Waals surface area contributed by atoms with E-state index in [1.54, 1.807) is 19.3 Å². The Morgan fingerprint density at radius 1 is 1.07 bits per heavy atom. The Balaban J connectivity index is -0.000000374. The molecule has 153 valence electrons. The van der Waals surface area contributed by atoms with Crippen LogP contribution in [0.25, 0.3) is 0 Å². The number of hydrogen-bond acceptors (Lipinski definition) is 4. The van der Waals surface area contributed by atoms with E-state index < -0.39 is 6.10 Å². The fourth-order valence-corrected chi connectivity index (χ4v) is 1.76. The minimum atomic E-state index is -0.476. The second-order valence-electron chi connectivity index (χ2n) is 4.62. The van der Waals surface area contributed by atoms with Gasteiger partial charge in [-0.3, -0.25) is 0 Å². The summed E-state index contributed by atoms with van der Waals surface area (Å²) in [6, 6.07) is 10.1. The maximum absolute atomic E-state index is 9.77. The Labute approximate surface area is 177 Å². The molecule has 3 radical (unpaired) electrons. The fraction of sp³-hybridized carbons (Fsp3) is 0.350. The molecule has 0 saturated heterocycles. The Kier molecular flexibility index (Phi) is 39.9. The van der Waals surface area contributed by atoms with E-state index in [1.165, 1.54) is 12.0 Å². The summed E-state index contributed by atoms with van der Waals surface area (Å²) in [7, 11) is 0. The molecule has 7 nitrogen and oxygen atoms in total.